The second kappa shape index (κ2) is 5.30. The third-order valence-electron chi connectivity index (χ3n) is 2.87. The van der Waals surface area contributed by atoms with Crippen molar-refractivity contribution in [2.75, 3.05) is 0 Å². The van der Waals surface area contributed by atoms with E-state index in [9.17, 15) is 5.11 Å². The summed E-state index contributed by atoms with van der Waals surface area (Å²) in [7, 11) is 0. The van der Waals surface area contributed by atoms with Crippen LogP contribution in [0.1, 0.15) is 5.56 Å². The molecular formula is C14H11ClN4O. The summed E-state index contributed by atoms with van der Waals surface area (Å²) in [5.74, 6) is 0.676. The Balaban J connectivity index is 1.88. The van der Waals surface area contributed by atoms with Gasteiger partial charge in [0.1, 0.15) is 5.75 Å². The van der Waals surface area contributed by atoms with Crippen molar-refractivity contribution < 1.29 is 5.11 Å². The molecule has 3 aromatic rings. The zero-order chi connectivity index (χ0) is 13.9. The number of phenols is 1. The Kier molecular flexibility index (Phi) is 3.35. The second-order valence-corrected chi connectivity index (χ2v) is 4.66. The average molecular weight is 287 g/mol. The summed E-state index contributed by atoms with van der Waals surface area (Å²) in [6.07, 6.45) is 0. The minimum Gasteiger partial charge on any atom is -0.508 e. The van der Waals surface area contributed by atoms with E-state index in [0.29, 0.717) is 17.4 Å². The first-order chi connectivity index (χ1) is 9.74. The molecule has 20 heavy (non-hydrogen) atoms. The highest BCUT2D eigenvalue weighted by atomic mass is 35.5. The molecule has 0 amide bonds. The van der Waals surface area contributed by atoms with Crippen LogP contribution in [0.15, 0.2) is 48.5 Å². The van der Waals surface area contributed by atoms with Crippen LogP contribution in [0.5, 0.6) is 5.75 Å². The number of phenolic OH excluding ortho intramolecular Hbond substituents is 1. The first-order valence-electron chi connectivity index (χ1n) is 6.03. The maximum absolute atomic E-state index is 9.73. The van der Waals surface area contributed by atoms with Gasteiger partial charge in [0, 0.05) is 11.1 Å². The Morgan fingerprint density at radius 2 is 1.80 bits per heavy atom. The molecule has 0 aliphatic heterocycles. The molecule has 100 valence electrons. The lowest BCUT2D eigenvalue weighted by molar-refractivity contribution is 0.458. The van der Waals surface area contributed by atoms with Gasteiger partial charge in [-0.2, -0.15) is 4.80 Å². The Bertz CT molecular complexity index is 741. The minimum absolute atomic E-state index is 0.212. The average Bonchev–Trinajstić information content (AvgIpc) is 2.90. The van der Waals surface area contributed by atoms with Crippen LogP contribution in [-0.2, 0) is 6.54 Å². The van der Waals surface area contributed by atoms with Crippen LogP contribution in [0.25, 0.3) is 11.4 Å². The van der Waals surface area contributed by atoms with E-state index in [1.807, 2.05) is 30.3 Å². The predicted molar refractivity (Wildman–Crippen MR) is 75.5 cm³/mol. The smallest absolute Gasteiger partial charge is 0.206 e. The number of benzene rings is 2. The quantitative estimate of drug-likeness (QED) is 0.804. The molecule has 5 nitrogen and oxygen atoms in total. The van der Waals surface area contributed by atoms with E-state index >= 15 is 0 Å². The first kappa shape index (κ1) is 12.6. The Hall–Kier alpha value is -2.40. The van der Waals surface area contributed by atoms with E-state index in [1.165, 1.54) is 4.80 Å². The number of tetrazole rings is 1. The SMILES string of the molecule is Oc1ccccc1Cn1nnc(-c2ccccc2Cl)n1. The minimum atomic E-state index is 0.212. The molecule has 0 radical (unpaired) electrons. The first-order valence-corrected chi connectivity index (χ1v) is 6.41. The number of aromatic hydroxyl groups is 1. The van der Waals surface area contributed by atoms with Crippen LogP contribution in [-0.4, -0.2) is 25.3 Å². The second-order valence-electron chi connectivity index (χ2n) is 4.25. The van der Waals surface area contributed by atoms with Crippen LogP contribution in [0, 0.1) is 0 Å². The predicted octanol–water partition coefficient (Wildman–Crippen LogP) is 2.75. The number of rotatable bonds is 3. The Morgan fingerprint density at radius 1 is 1.05 bits per heavy atom. The van der Waals surface area contributed by atoms with Gasteiger partial charge in [-0.1, -0.05) is 41.9 Å². The van der Waals surface area contributed by atoms with E-state index in [-0.39, 0.29) is 5.75 Å². The fourth-order valence-electron chi connectivity index (χ4n) is 1.86. The number of aromatic nitrogens is 4. The molecule has 0 fully saturated rings. The molecule has 0 saturated carbocycles. The van der Waals surface area contributed by atoms with Crippen molar-refractivity contribution in [1.29, 1.82) is 0 Å². The van der Waals surface area contributed by atoms with Gasteiger partial charge in [0.25, 0.3) is 0 Å². The van der Waals surface area contributed by atoms with Crippen molar-refractivity contribution in [3.8, 4) is 17.1 Å². The van der Waals surface area contributed by atoms with E-state index in [2.05, 4.69) is 15.4 Å². The summed E-state index contributed by atoms with van der Waals surface area (Å²) in [6, 6.07) is 14.4. The van der Waals surface area contributed by atoms with Crippen molar-refractivity contribution in [2.45, 2.75) is 6.54 Å². The van der Waals surface area contributed by atoms with Gasteiger partial charge in [-0.3, -0.25) is 0 Å². The number of hydrogen-bond acceptors (Lipinski definition) is 4. The van der Waals surface area contributed by atoms with Crippen molar-refractivity contribution in [3.63, 3.8) is 0 Å². The number of nitrogens with zero attached hydrogens (tertiary/aromatic N) is 4. The summed E-state index contributed by atoms with van der Waals surface area (Å²) in [5, 5.41) is 22.5. The molecule has 3 rings (SSSR count). The molecule has 1 aromatic heterocycles. The van der Waals surface area contributed by atoms with Gasteiger partial charge in [-0.05, 0) is 23.4 Å². The third-order valence-corrected chi connectivity index (χ3v) is 3.20. The van der Waals surface area contributed by atoms with E-state index in [4.69, 9.17) is 11.6 Å². The van der Waals surface area contributed by atoms with Gasteiger partial charge in [-0.15, -0.1) is 10.2 Å². The zero-order valence-electron chi connectivity index (χ0n) is 10.4. The molecule has 0 aliphatic carbocycles. The Morgan fingerprint density at radius 3 is 2.60 bits per heavy atom. The Labute approximate surface area is 120 Å². The van der Waals surface area contributed by atoms with Gasteiger partial charge in [-0.25, -0.2) is 0 Å². The molecule has 0 unspecified atom stereocenters. The summed E-state index contributed by atoms with van der Waals surface area (Å²) in [6.45, 7) is 0.351. The largest absolute Gasteiger partial charge is 0.508 e. The molecule has 1 N–H and O–H groups in total. The summed E-state index contributed by atoms with van der Waals surface area (Å²) in [5.41, 5.74) is 1.47. The van der Waals surface area contributed by atoms with Gasteiger partial charge in [0.2, 0.25) is 5.82 Å². The molecule has 0 aliphatic rings. The maximum Gasteiger partial charge on any atom is 0.206 e. The van der Waals surface area contributed by atoms with Crippen molar-refractivity contribution in [1.82, 2.24) is 20.2 Å². The lowest BCUT2D eigenvalue weighted by Gasteiger charge is -2.02. The molecule has 0 bridgehead atoms. The van der Waals surface area contributed by atoms with Gasteiger partial charge in [0.05, 0.1) is 11.6 Å². The van der Waals surface area contributed by atoms with Crippen LogP contribution in [0.2, 0.25) is 5.02 Å². The molecule has 0 saturated heterocycles. The summed E-state index contributed by atoms with van der Waals surface area (Å²) >= 11 is 6.10. The van der Waals surface area contributed by atoms with Crippen molar-refractivity contribution in [2.24, 2.45) is 0 Å². The van der Waals surface area contributed by atoms with Gasteiger partial charge in [0.15, 0.2) is 0 Å². The molecule has 1 heterocycles. The maximum atomic E-state index is 9.73. The highest BCUT2D eigenvalue weighted by Crippen LogP contribution is 2.24. The van der Waals surface area contributed by atoms with E-state index in [0.717, 1.165) is 11.1 Å². The summed E-state index contributed by atoms with van der Waals surface area (Å²) < 4.78 is 0. The molecule has 0 spiro atoms. The van der Waals surface area contributed by atoms with Gasteiger partial charge >= 0.3 is 0 Å². The van der Waals surface area contributed by atoms with E-state index < -0.39 is 0 Å². The monoisotopic (exact) mass is 286 g/mol. The molecule has 0 atom stereocenters. The lowest BCUT2D eigenvalue weighted by atomic mass is 10.2. The van der Waals surface area contributed by atoms with Crippen LogP contribution in [0.4, 0.5) is 0 Å². The third kappa shape index (κ3) is 2.48. The zero-order valence-corrected chi connectivity index (χ0v) is 11.2. The number of hydrogen-bond donors (Lipinski definition) is 1. The van der Waals surface area contributed by atoms with Crippen LogP contribution in [0.3, 0.4) is 0 Å². The van der Waals surface area contributed by atoms with Crippen LogP contribution >= 0.6 is 11.6 Å². The van der Waals surface area contributed by atoms with E-state index in [1.54, 1.807) is 18.2 Å². The van der Waals surface area contributed by atoms with Crippen molar-refractivity contribution in [3.05, 3.63) is 59.1 Å². The fraction of sp³-hybridized carbons (Fsp3) is 0.0714. The molecule has 6 heteroatoms. The highest BCUT2D eigenvalue weighted by molar-refractivity contribution is 6.33. The topological polar surface area (TPSA) is 63.8 Å². The normalized spacial score (nSPS) is 10.7. The fourth-order valence-corrected chi connectivity index (χ4v) is 2.08. The van der Waals surface area contributed by atoms with Crippen LogP contribution < -0.4 is 0 Å². The highest BCUT2D eigenvalue weighted by Gasteiger charge is 2.10. The summed E-state index contributed by atoms with van der Waals surface area (Å²) in [4.78, 5) is 1.42. The number of halogens is 1. The lowest BCUT2D eigenvalue weighted by Crippen LogP contribution is -2.04. The standard InChI is InChI=1S/C14H11ClN4O/c15-12-7-3-2-6-11(12)14-16-18-19(17-14)9-10-5-1-4-8-13(10)20/h1-8,20H,9H2. The van der Waals surface area contributed by atoms with Crippen molar-refractivity contribution >= 4 is 11.6 Å². The molecular weight excluding hydrogens is 276 g/mol. The molecule has 2 aromatic carbocycles. The van der Waals surface area contributed by atoms with Gasteiger partial charge < -0.3 is 5.11 Å². The number of para-hydroxylation sites is 1.